The van der Waals surface area contributed by atoms with Crippen LogP contribution in [0.5, 0.6) is 0 Å². The molecule has 1 aromatic heterocycles. The molecule has 2 rings (SSSR count). The highest BCUT2D eigenvalue weighted by Crippen LogP contribution is 2.49. The van der Waals surface area contributed by atoms with Crippen LogP contribution in [-0.4, -0.2) is 6.54 Å². The van der Waals surface area contributed by atoms with E-state index in [1.165, 1.54) is 35.7 Å². The first kappa shape index (κ1) is 12.6. The molecule has 1 aromatic rings. The van der Waals surface area contributed by atoms with Crippen molar-refractivity contribution in [1.29, 1.82) is 0 Å². The van der Waals surface area contributed by atoms with Crippen LogP contribution in [0, 0.1) is 5.41 Å². The van der Waals surface area contributed by atoms with Crippen LogP contribution in [0.2, 0.25) is 0 Å². The summed E-state index contributed by atoms with van der Waals surface area (Å²) in [7, 11) is 0. The monoisotopic (exact) mass is 301 g/mol. The highest BCUT2D eigenvalue weighted by atomic mass is 79.9. The summed E-state index contributed by atoms with van der Waals surface area (Å²) in [6.45, 7) is 5.69. The molecule has 1 unspecified atom stereocenters. The summed E-state index contributed by atoms with van der Waals surface area (Å²) < 4.78 is 1.27. The maximum atomic E-state index is 3.68. The smallest absolute Gasteiger partial charge is 0.0394 e. The molecule has 1 nitrogen and oxygen atoms in total. The Morgan fingerprint density at radius 1 is 1.44 bits per heavy atom. The molecule has 0 aliphatic heterocycles. The SMILES string of the molecule is CCNC(c1cscc1Br)C1(C)CCCC1. The molecule has 16 heavy (non-hydrogen) atoms. The first-order chi connectivity index (χ1) is 7.67. The predicted molar refractivity (Wildman–Crippen MR) is 75.0 cm³/mol. The van der Waals surface area contributed by atoms with Gasteiger partial charge in [-0.3, -0.25) is 0 Å². The summed E-state index contributed by atoms with van der Waals surface area (Å²) in [5.41, 5.74) is 1.90. The van der Waals surface area contributed by atoms with Crippen molar-refractivity contribution in [1.82, 2.24) is 5.32 Å². The Labute approximate surface area is 111 Å². The molecule has 0 bridgehead atoms. The fourth-order valence-corrected chi connectivity index (χ4v) is 4.46. The zero-order valence-corrected chi connectivity index (χ0v) is 12.5. The molecule has 1 fully saturated rings. The third-order valence-corrected chi connectivity index (χ3v) is 5.56. The standard InChI is InChI=1S/C13H20BrNS/c1-3-15-12(10-8-16-9-11(10)14)13(2)6-4-5-7-13/h8-9,12,15H,3-7H2,1-2H3. The van der Waals surface area contributed by atoms with Gasteiger partial charge in [-0.15, -0.1) is 0 Å². The van der Waals surface area contributed by atoms with E-state index in [9.17, 15) is 0 Å². The van der Waals surface area contributed by atoms with Crippen LogP contribution in [0.25, 0.3) is 0 Å². The zero-order chi connectivity index (χ0) is 11.6. The normalized spacial score (nSPS) is 21.2. The Balaban J connectivity index is 2.26. The first-order valence-corrected chi connectivity index (χ1v) is 7.86. The second-order valence-corrected chi connectivity index (χ2v) is 6.62. The van der Waals surface area contributed by atoms with Gasteiger partial charge in [-0.1, -0.05) is 26.7 Å². The number of nitrogens with one attached hydrogen (secondary N) is 1. The fraction of sp³-hybridized carbons (Fsp3) is 0.692. The van der Waals surface area contributed by atoms with E-state index < -0.39 is 0 Å². The predicted octanol–water partition coefficient (Wildman–Crippen LogP) is 4.74. The van der Waals surface area contributed by atoms with Crippen LogP contribution in [0.3, 0.4) is 0 Å². The molecule has 1 saturated carbocycles. The number of hydrogen-bond acceptors (Lipinski definition) is 2. The molecule has 0 saturated heterocycles. The van der Waals surface area contributed by atoms with Crippen molar-refractivity contribution in [2.24, 2.45) is 5.41 Å². The fourth-order valence-electron chi connectivity index (χ4n) is 2.90. The minimum atomic E-state index is 0.444. The van der Waals surface area contributed by atoms with E-state index in [-0.39, 0.29) is 0 Å². The lowest BCUT2D eigenvalue weighted by atomic mass is 9.78. The van der Waals surface area contributed by atoms with E-state index in [1.54, 1.807) is 11.3 Å². The van der Waals surface area contributed by atoms with E-state index in [0.29, 0.717) is 11.5 Å². The van der Waals surface area contributed by atoms with Gasteiger partial charge >= 0.3 is 0 Å². The third kappa shape index (κ3) is 2.36. The van der Waals surface area contributed by atoms with Gasteiger partial charge in [0, 0.05) is 15.9 Å². The Kier molecular flexibility index (Phi) is 4.09. The first-order valence-electron chi connectivity index (χ1n) is 6.12. The summed E-state index contributed by atoms with van der Waals surface area (Å²) in [6, 6.07) is 0.514. The largest absolute Gasteiger partial charge is 0.310 e. The summed E-state index contributed by atoms with van der Waals surface area (Å²) in [5.74, 6) is 0. The minimum absolute atomic E-state index is 0.444. The third-order valence-electron chi connectivity index (χ3n) is 3.80. The average molecular weight is 302 g/mol. The summed E-state index contributed by atoms with van der Waals surface area (Å²) in [4.78, 5) is 0. The van der Waals surface area contributed by atoms with Crippen LogP contribution in [0.4, 0.5) is 0 Å². The van der Waals surface area contributed by atoms with E-state index in [0.717, 1.165) is 6.54 Å². The number of rotatable bonds is 4. The molecule has 1 aliphatic rings. The molecule has 1 N–H and O–H groups in total. The van der Waals surface area contributed by atoms with Crippen molar-refractivity contribution < 1.29 is 0 Å². The van der Waals surface area contributed by atoms with Gasteiger partial charge in [0.15, 0.2) is 0 Å². The van der Waals surface area contributed by atoms with Gasteiger partial charge in [0.05, 0.1) is 0 Å². The van der Waals surface area contributed by atoms with Crippen molar-refractivity contribution >= 4 is 27.3 Å². The number of hydrogen-bond donors (Lipinski definition) is 1. The van der Waals surface area contributed by atoms with Crippen molar-refractivity contribution in [3.05, 3.63) is 20.8 Å². The highest BCUT2D eigenvalue weighted by molar-refractivity contribution is 9.10. The molecule has 1 heterocycles. The van der Waals surface area contributed by atoms with Crippen molar-refractivity contribution in [2.45, 2.75) is 45.6 Å². The van der Waals surface area contributed by atoms with Crippen LogP contribution in [-0.2, 0) is 0 Å². The van der Waals surface area contributed by atoms with Crippen LogP contribution in [0.1, 0.15) is 51.1 Å². The Hall–Kier alpha value is 0.140. The van der Waals surface area contributed by atoms with Gasteiger partial charge in [0.2, 0.25) is 0 Å². The lowest BCUT2D eigenvalue weighted by molar-refractivity contribution is 0.226. The minimum Gasteiger partial charge on any atom is -0.310 e. The van der Waals surface area contributed by atoms with Gasteiger partial charge in [-0.05, 0) is 51.7 Å². The van der Waals surface area contributed by atoms with Gasteiger partial charge in [0.1, 0.15) is 0 Å². The van der Waals surface area contributed by atoms with Gasteiger partial charge in [0.25, 0.3) is 0 Å². The number of halogens is 1. The quantitative estimate of drug-likeness (QED) is 0.847. The molecule has 1 atom stereocenters. The molecule has 0 aromatic carbocycles. The van der Waals surface area contributed by atoms with Gasteiger partial charge in [-0.25, -0.2) is 0 Å². The maximum Gasteiger partial charge on any atom is 0.0394 e. The molecule has 0 spiro atoms. The van der Waals surface area contributed by atoms with E-state index >= 15 is 0 Å². The van der Waals surface area contributed by atoms with Crippen LogP contribution in [0.15, 0.2) is 15.2 Å². The topological polar surface area (TPSA) is 12.0 Å². The molecule has 0 radical (unpaired) electrons. The Bertz CT molecular complexity index is 341. The summed E-state index contributed by atoms with van der Waals surface area (Å²) >= 11 is 5.47. The second kappa shape index (κ2) is 5.19. The van der Waals surface area contributed by atoms with E-state index in [2.05, 4.69) is 45.9 Å². The molecule has 3 heteroatoms. The maximum absolute atomic E-state index is 3.68. The molecular weight excluding hydrogens is 282 g/mol. The van der Waals surface area contributed by atoms with Crippen molar-refractivity contribution in [3.8, 4) is 0 Å². The molecule has 0 amide bonds. The van der Waals surface area contributed by atoms with Crippen molar-refractivity contribution in [3.63, 3.8) is 0 Å². The van der Waals surface area contributed by atoms with E-state index in [4.69, 9.17) is 0 Å². The Morgan fingerprint density at radius 2 is 2.12 bits per heavy atom. The zero-order valence-electron chi connectivity index (χ0n) is 10.1. The molecule has 90 valence electrons. The second-order valence-electron chi connectivity index (χ2n) is 5.03. The van der Waals surface area contributed by atoms with Gasteiger partial charge in [-0.2, -0.15) is 11.3 Å². The molecule has 1 aliphatic carbocycles. The lowest BCUT2D eigenvalue weighted by Gasteiger charge is -2.35. The summed E-state index contributed by atoms with van der Waals surface area (Å²) in [6.07, 6.45) is 5.49. The van der Waals surface area contributed by atoms with E-state index in [1.807, 2.05) is 0 Å². The highest BCUT2D eigenvalue weighted by Gasteiger charge is 2.38. The van der Waals surface area contributed by atoms with Gasteiger partial charge < -0.3 is 5.32 Å². The summed E-state index contributed by atoms with van der Waals surface area (Å²) in [5, 5.41) is 8.17. The van der Waals surface area contributed by atoms with Crippen LogP contribution >= 0.6 is 27.3 Å². The van der Waals surface area contributed by atoms with Crippen LogP contribution < -0.4 is 5.32 Å². The Morgan fingerprint density at radius 3 is 2.62 bits per heavy atom. The van der Waals surface area contributed by atoms with Crippen molar-refractivity contribution in [2.75, 3.05) is 6.54 Å². The average Bonchev–Trinajstić information content (AvgIpc) is 2.85. The molecular formula is C13H20BrNS. The number of thiophene rings is 1. The lowest BCUT2D eigenvalue weighted by Crippen LogP contribution is -2.34.